The monoisotopic (exact) mass is 375 g/mol. The Balaban J connectivity index is 1.40. The van der Waals surface area contributed by atoms with Gasteiger partial charge in [0.2, 0.25) is 5.91 Å². The van der Waals surface area contributed by atoms with Crippen LogP contribution in [0.2, 0.25) is 0 Å². The van der Waals surface area contributed by atoms with Gasteiger partial charge in [0.1, 0.15) is 5.75 Å². The number of amides is 1. The minimum absolute atomic E-state index is 0.0188. The van der Waals surface area contributed by atoms with E-state index >= 15 is 0 Å². The third-order valence-electron chi connectivity index (χ3n) is 4.51. The first-order valence-electron chi connectivity index (χ1n) is 9.02. The van der Waals surface area contributed by atoms with E-state index in [0.717, 1.165) is 30.1 Å². The molecule has 1 heterocycles. The maximum Gasteiger partial charge on any atom is 0.277 e. The average molecular weight is 375 g/mol. The molecule has 6 nitrogen and oxygen atoms in total. The molecule has 1 aliphatic rings. The molecule has 3 rings (SSSR count). The Morgan fingerprint density at radius 1 is 1.31 bits per heavy atom. The second-order valence-corrected chi connectivity index (χ2v) is 7.81. The molecule has 1 N–H and O–H groups in total. The molecule has 1 aliphatic carbocycles. The summed E-state index contributed by atoms with van der Waals surface area (Å²) in [5, 5.41) is 11.4. The summed E-state index contributed by atoms with van der Waals surface area (Å²) in [5.41, 5.74) is 1.13. The number of aryl methyl sites for hydroxylation is 1. The number of nitrogens with one attached hydrogen (secondary N) is 1. The van der Waals surface area contributed by atoms with E-state index in [4.69, 9.17) is 9.15 Å². The topological polar surface area (TPSA) is 77.2 Å². The number of nitrogens with zero attached hydrogens (tertiary/aromatic N) is 2. The molecule has 26 heavy (non-hydrogen) atoms. The first-order chi connectivity index (χ1) is 12.6. The lowest BCUT2D eigenvalue weighted by atomic mass is 9.87. The van der Waals surface area contributed by atoms with Crippen LogP contribution >= 0.6 is 11.8 Å². The van der Waals surface area contributed by atoms with E-state index in [1.54, 1.807) is 0 Å². The maximum absolute atomic E-state index is 12.1. The molecular formula is C19H25N3O3S. The minimum Gasteiger partial charge on any atom is -0.484 e. The third-order valence-corrected chi connectivity index (χ3v) is 5.33. The molecule has 1 fully saturated rings. The normalized spacial score (nSPS) is 19.9. The molecule has 0 saturated heterocycles. The van der Waals surface area contributed by atoms with Gasteiger partial charge < -0.3 is 14.5 Å². The number of hydrogen-bond acceptors (Lipinski definition) is 6. The highest BCUT2D eigenvalue weighted by molar-refractivity contribution is 7.99. The number of carbonyl (C=O) groups is 1. The van der Waals surface area contributed by atoms with Gasteiger partial charge in [0.05, 0.1) is 5.75 Å². The molecule has 1 saturated carbocycles. The van der Waals surface area contributed by atoms with E-state index in [1.807, 2.05) is 31.2 Å². The van der Waals surface area contributed by atoms with Crippen molar-refractivity contribution in [3.8, 4) is 5.75 Å². The molecule has 1 aromatic heterocycles. The molecule has 7 heteroatoms. The fourth-order valence-electron chi connectivity index (χ4n) is 3.01. The summed E-state index contributed by atoms with van der Waals surface area (Å²) in [6.45, 7) is 4.49. The van der Waals surface area contributed by atoms with Gasteiger partial charge in [0, 0.05) is 6.04 Å². The molecule has 0 atom stereocenters. The molecule has 140 valence electrons. The molecule has 0 bridgehead atoms. The van der Waals surface area contributed by atoms with Crippen molar-refractivity contribution in [3.05, 3.63) is 35.7 Å². The number of aromatic nitrogens is 2. The number of hydrogen-bond donors (Lipinski definition) is 1. The van der Waals surface area contributed by atoms with E-state index in [1.165, 1.54) is 24.6 Å². The molecule has 1 aromatic carbocycles. The summed E-state index contributed by atoms with van der Waals surface area (Å²) < 4.78 is 11.2. The lowest BCUT2D eigenvalue weighted by Crippen LogP contribution is -2.38. The number of ether oxygens (including phenoxy) is 1. The molecule has 0 radical (unpaired) electrons. The summed E-state index contributed by atoms with van der Waals surface area (Å²) in [4.78, 5) is 12.1. The van der Waals surface area contributed by atoms with E-state index in [2.05, 4.69) is 22.4 Å². The van der Waals surface area contributed by atoms with Crippen molar-refractivity contribution in [2.45, 2.75) is 57.4 Å². The van der Waals surface area contributed by atoms with Gasteiger partial charge in [0.25, 0.3) is 11.1 Å². The fourth-order valence-corrected chi connectivity index (χ4v) is 3.60. The van der Waals surface area contributed by atoms with Crippen LogP contribution in [0.3, 0.4) is 0 Å². The highest BCUT2D eigenvalue weighted by Gasteiger charge is 2.20. The van der Waals surface area contributed by atoms with Crippen LogP contribution in [0.5, 0.6) is 5.75 Å². The summed E-state index contributed by atoms with van der Waals surface area (Å²) in [5.74, 6) is 2.24. The van der Waals surface area contributed by atoms with Gasteiger partial charge in [-0.2, -0.15) is 0 Å². The van der Waals surface area contributed by atoms with Crippen LogP contribution in [0.1, 0.15) is 44.1 Å². The molecule has 0 unspecified atom stereocenters. The molecular weight excluding hydrogens is 350 g/mol. The van der Waals surface area contributed by atoms with Crippen LogP contribution < -0.4 is 10.1 Å². The third kappa shape index (κ3) is 5.76. The van der Waals surface area contributed by atoms with Crippen molar-refractivity contribution in [3.63, 3.8) is 0 Å². The van der Waals surface area contributed by atoms with Gasteiger partial charge in [-0.15, -0.1) is 10.2 Å². The summed E-state index contributed by atoms with van der Waals surface area (Å²) in [6, 6.07) is 8.08. The van der Waals surface area contributed by atoms with Gasteiger partial charge in [-0.05, 0) is 56.2 Å². The van der Waals surface area contributed by atoms with Crippen LogP contribution in [-0.2, 0) is 11.4 Å². The average Bonchev–Trinajstić information content (AvgIpc) is 3.08. The zero-order valence-electron chi connectivity index (χ0n) is 15.2. The standard InChI is InChI=1S/C19H25N3O3S/c1-13-6-8-15(9-7-13)20-17(23)12-26-19-22-21-18(25-19)11-24-16-5-3-4-14(2)10-16/h3-5,10,13,15H,6-9,11-12H2,1-2H3,(H,20,23). The predicted molar refractivity (Wildman–Crippen MR) is 100 cm³/mol. The van der Waals surface area contributed by atoms with E-state index in [-0.39, 0.29) is 18.3 Å². The van der Waals surface area contributed by atoms with Crippen molar-refractivity contribution in [2.75, 3.05) is 5.75 Å². The summed E-state index contributed by atoms with van der Waals surface area (Å²) in [7, 11) is 0. The highest BCUT2D eigenvalue weighted by Crippen LogP contribution is 2.24. The van der Waals surface area contributed by atoms with Crippen LogP contribution in [-0.4, -0.2) is 27.9 Å². The van der Waals surface area contributed by atoms with Crippen molar-refractivity contribution in [1.29, 1.82) is 0 Å². The van der Waals surface area contributed by atoms with Gasteiger partial charge in [-0.25, -0.2) is 0 Å². The SMILES string of the molecule is Cc1cccc(OCc2nnc(SCC(=O)NC3CCC(C)CC3)o2)c1. The zero-order chi connectivity index (χ0) is 18.4. The van der Waals surface area contributed by atoms with Crippen LogP contribution in [0.4, 0.5) is 0 Å². The second kappa shape index (κ2) is 9.07. The maximum atomic E-state index is 12.1. The van der Waals surface area contributed by atoms with Crippen LogP contribution in [0, 0.1) is 12.8 Å². The van der Waals surface area contributed by atoms with Crippen LogP contribution in [0.15, 0.2) is 33.9 Å². The highest BCUT2D eigenvalue weighted by atomic mass is 32.2. The summed E-state index contributed by atoms with van der Waals surface area (Å²) in [6.07, 6.45) is 4.51. The first-order valence-corrected chi connectivity index (χ1v) is 10.0. The Bertz CT molecular complexity index is 726. The first kappa shape index (κ1) is 18.8. The predicted octanol–water partition coefficient (Wildman–Crippen LogP) is 3.74. The largest absolute Gasteiger partial charge is 0.484 e. The Morgan fingerprint density at radius 3 is 2.88 bits per heavy atom. The van der Waals surface area contributed by atoms with Gasteiger partial charge in [0.15, 0.2) is 6.61 Å². The quantitative estimate of drug-likeness (QED) is 0.743. The van der Waals surface area contributed by atoms with Gasteiger partial charge >= 0.3 is 0 Å². The van der Waals surface area contributed by atoms with Crippen molar-refractivity contribution >= 4 is 17.7 Å². The van der Waals surface area contributed by atoms with E-state index < -0.39 is 0 Å². The van der Waals surface area contributed by atoms with Crippen molar-refractivity contribution in [1.82, 2.24) is 15.5 Å². The lowest BCUT2D eigenvalue weighted by Gasteiger charge is -2.26. The van der Waals surface area contributed by atoms with Crippen molar-refractivity contribution < 1.29 is 13.9 Å². The van der Waals surface area contributed by atoms with E-state index in [0.29, 0.717) is 17.2 Å². The number of rotatable bonds is 7. The molecule has 0 spiro atoms. The number of carbonyl (C=O) groups excluding carboxylic acids is 1. The fraction of sp³-hybridized carbons (Fsp3) is 0.526. The lowest BCUT2D eigenvalue weighted by molar-refractivity contribution is -0.119. The van der Waals surface area contributed by atoms with Gasteiger partial charge in [-0.3, -0.25) is 4.79 Å². The molecule has 2 aromatic rings. The Labute approximate surface area is 158 Å². The van der Waals surface area contributed by atoms with E-state index in [9.17, 15) is 4.79 Å². The Morgan fingerprint density at radius 2 is 2.12 bits per heavy atom. The number of benzene rings is 1. The molecule has 1 amide bonds. The smallest absolute Gasteiger partial charge is 0.277 e. The second-order valence-electron chi connectivity index (χ2n) is 6.88. The number of thioether (sulfide) groups is 1. The zero-order valence-corrected chi connectivity index (χ0v) is 16.1. The summed E-state index contributed by atoms with van der Waals surface area (Å²) >= 11 is 1.25. The van der Waals surface area contributed by atoms with Crippen molar-refractivity contribution in [2.24, 2.45) is 5.92 Å². The Kier molecular flexibility index (Phi) is 6.55. The van der Waals surface area contributed by atoms with Gasteiger partial charge in [-0.1, -0.05) is 30.8 Å². The Hall–Kier alpha value is -2.02. The minimum atomic E-state index is 0.0188. The molecule has 0 aliphatic heterocycles. The van der Waals surface area contributed by atoms with Crippen LogP contribution in [0.25, 0.3) is 0 Å².